The Kier molecular flexibility index (Phi) is 2.96. The number of methoxy groups -OCH3 is 1. The van der Waals surface area contributed by atoms with Crippen LogP contribution in [0.1, 0.15) is 15.9 Å². The number of carbonyl (C=O) groups is 1. The SMILES string of the molecule is COc1c(C)cc(F)c(Cl)c1C(=O)O. The minimum Gasteiger partial charge on any atom is -0.496 e. The van der Waals surface area contributed by atoms with E-state index in [9.17, 15) is 9.18 Å². The molecule has 3 nitrogen and oxygen atoms in total. The summed E-state index contributed by atoms with van der Waals surface area (Å²) in [7, 11) is 1.31. The minimum atomic E-state index is -1.31. The van der Waals surface area contributed by atoms with Crippen molar-refractivity contribution in [3.05, 3.63) is 28.0 Å². The first kappa shape index (κ1) is 10.8. The lowest BCUT2D eigenvalue weighted by Crippen LogP contribution is -2.04. The van der Waals surface area contributed by atoms with Crippen molar-refractivity contribution in [3.63, 3.8) is 0 Å². The summed E-state index contributed by atoms with van der Waals surface area (Å²) in [5, 5.41) is 8.36. The van der Waals surface area contributed by atoms with E-state index in [4.69, 9.17) is 21.4 Å². The molecule has 1 rings (SSSR count). The van der Waals surface area contributed by atoms with Gasteiger partial charge in [0.15, 0.2) is 0 Å². The van der Waals surface area contributed by atoms with Gasteiger partial charge in [-0.15, -0.1) is 0 Å². The third-order valence-electron chi connectivity index (χ3n) is 1.78. The maximum absolute atomic E-state index is 13.1. The third-order valence-corrected chi connectivity index (χ3v) is 2.15. The van der Waals surface area contributed by atoms with Gasteiger partial charge in [-0.1, -0.05) is 11.6 Å². The monoisotopic (exact) mass is 218 g/mol. The first-order valence-electron chi connectivity index (χ1n) is 3.75. The molecule has 0 radical (unpaired) electrons. The summed E-state index contributed by atoms with van der Waals surface area (Å²) in [6, 6.07) is 1.13. The van der Waals surface area contributed by atoms with Crippen LogP contribution in [-0.4, -0.2) is 18.2 Å². The number of aromatic carboxylic acids is 1. The maximum Gasteiger partial charge on any atom is 0.341 e. The van der Waals surface area contributed by atoms with Gasteiger partial charge in [0.1, 0.15) is 17.1 Å². The molecule has 0 atom stereocenters. The van der Waals surface area contributed by atoms with Crippen molar-refractivity contribution in [2.24, 2.45) is 0 Å². The van der Waals surface area contributed by atoms with Crippen LogP contribution in [0.25, 0.3) is 0 Å². The molecule has 0 spiro atoms. The van der Waals surface area contributed by atoms with Crippen LogP contribution in [0.4, 0.5) is 4.39 Å². The van der Waals surface area contributed by atoms with Gasteiger partial charge in [0, 0.05) is 0 Å². The van der Waals surface area contributed by atoms with Crippen molar-refractivity contribution in [1.29, 1.82) is 0 Å². The number of halogens is 2. The van der Waals surface area contributed by atoms with Crippen LogP contribution in [0.15, 0.2) is 6.07 Å². The number of carboxylic acids is 1. The predicted octanol–water partition coefficient (Wildman–Crippen LogP) is 2.49. The van der Waals surface area contributed by atoms with Crippen molar-refractivity contribution >= 4 is 17.6 Å². The van der Waals surface area contributed by atoms with E-state index < -0.39 is 16.8 Å². The largest absolute Gasteiger partial charge is 0.496 e. The first-order valence-corrected chi connectivity index (χ1v) is 4.12. The zero-order valence-electron chi connectivity index (χ0n) is 7.60. The molecule has 0 saturated carbocycles. The Morgan fingerprint density at radius 2 is 2.21 bits per heavy atom. The van der Waals surface area contributed by atoms with Gasteiger partial charge in [-0.05, 0) is 18.6 Å². The highest BCUT2D eigenvalue weighted by Crippen LogP contribution is 2.32. The summed E-state index contributed by atoms with van der Waals surface area (Å²) in [5.74, 6) is -1.99. The molecule has 0 aliphatic carbocycles. The Labute approximate surface area is 85.1 Å². The zero-order chi connectivity index (χ0) is 10.9. The standard InChI is InChI=1S/C9H8ClFO3/c1-4-3-5(11)7(10)6(9(12)13)8(4)14-2/h3H,1-2H3,(H,12,13). The summed E-state index contributed by atoms with van der Waals surface area (Å²) < 4.78 is 17.9. The molecule has 0 aliphatic rings. The molecule has 5 heteroatoms. The molecule has 0 bridgehead atoms. The van der Waals surface area contributed by atoms with E-state index in [1.54, 1.807) is 6.92 Å². The molecule has 1 aromatic rings. The van der Waals surface area contributed by atoms with E-state index in [0.717, 1.165) is 6.07 Å². The van der Waals surface area contributed by atoms with Crippen LogP contribution in [0, 0.1) is 12.7 Å². The Bertz CT molecular complexity index is 390. The van der Waals surface area contributed by atoms with Gasteiger partial charge < -0.3 is 9.84 Å². The number of aryl methyl sites for hydroxylation is 1. The molecule has 76 valence electrons. The molecule has 0 amide bonds. The quantitative estimate of drug-likeness (QED) is 0.830. The fourth-order valence-electron chi connectivity index (χ4n) is 1.19. The molecule has 0 aromatic heterocycles. The molecular weight excluding hydrogens is 211 g/mol. The summed E-state index contributed by atoms with van der Waals surface area (Å²) in [6.45, 7) is 1.55. The van der Waals surface area contributed by atoms with E-state index in [-0.39, 0.29) is 11.3 Å². The van der Waals surface area contributed by atoms with Crippen molar-refractivity contribution in [1.82, 2.24) is 0 Å². The van der Waals surface area contributed by atoms with Crippen LogP contribution >= 0.6 is 11.6 Å². The molecule has 1 N–H and O–H groups in total. The van der Waals surface area contributed by atoms with Crippen LogP contribution in [0.2, 0.25) is 5.02 Å². The van der Waals surface area contributed by atoms with Crippen LogP contribution in [0.5, 0.6) is 5.75 Å². The Morgan fingerprint density at radius 1 is 1.64 bits per heavy atom. The normalized spacial score (nSPS) is 10.0. The van der Waals surface area contributed by atoms with E-state index in [1.807, 2.05) is 0 Å². The summed E-state index contributed by atoms with van der Waals surface area (Å²) in [5.41, 5.74) is 0.0541. The molecular formula is C9H8ClFO3. The topological polar surface area (TPSA) is 46.5 Å². The second kappa shape index (κ2) is 3.84. The highest BCUT2D eigenvalue weighted by Gasteiger charge is 2.21. The molecule has 0 aliphatic heterocycles. The fraction of sp³-hybridized carbons (Fsp3) is 0.222. The minimum absolute atomic E-state index is 0.0869. The van der Waals surface area contributed by atoms with Crippen molar-refractivity contribution < 1.29 is 19.0 Å². The van der Waals surface area contributed by atoms with E-state index >= 15 is 0 Å². The molecule has 0 saturated heterocycles. The number of carboxylic acid groups (broad SMARTS) is 1. The highest BCUT2D eigenvalue weighted by molar-refractivity contribution is 6.34. The Morgan fingerprint density at radius 3 is 2.64 bits per heavy atom. The summed E-state index contributed by atoms with van der Waals surface area (Å²) in [6.07, 6.45) is 0. The van der Waals surface area contributed by atoms with Gasteiger partial charge in [0.2, 0.25) is 0 Å². The van der Waals surface area contributed by atoms with Crippen LogP contribution in [-0.2, 0) is 0 Å². The van der Waals surface area contributed by atoms with Crippen molar-refractivity contribution in [2.75, 3.05) is 7.11 Å². The molecule has 14 heavy (non-hydrogen) atoms. The Balaban J connectivity index is 3.56. The lowest BCUT2D eigenvalue weighted by Gasteiger charge is -2.10. The number of benzene rings is 1. The highest BCUT2D eigenvalue weighted by atomic mass is 35.5. The van der Waals surface area contributed by atoms with E-state index in [2.05, 4.69) is 0 Å². The van der Waals surface area contributed by atoms with Crippen LogP contribution < -0.4 is 4.74 Å². The van der Waals surface area contributed by atoms with Crippen molar-refractivity contribution in [3.8, 4) is 5.75 Å². The Hall–Kier alpha value is -1.29. The maximum atomic E-state index is 13.1. The lowest BCUT2D eigenvalue weighted by molar-refractivity contribution is 0.0692. The van der Waals surface area contributed by atoms with Gasteiger partial charge in [0.25, 0.3) is 0 Å². The number of ether oxygens (including phenoxy) is 1. The summed E-state index contributed by atoms with van der Waals surface area (Å²) in [4.78, 5) is 10.8. The predicted molar refractivity (Wildman–Crippen MR) is 49.7 cm³/mol. The summed E-state index contributed by atoms with van der Waals surface area (Å²) >= 11 is 5.51. The second-order valence-electron chi connectivity index (χ2n) is 2.70. The second-order valence-corrected chi connectivity index (χ2v) is 3.08. The van der Waals surface area contributed by atoms with Gasteiger partial charge in [-0.2, -0.15) is 0 Å². The van der Waals surface area contributed by atoms with Gasteiger partial charge in [-0.3, -0.25) is 0 Å². The van der Waals surface area contributed by atoms with Crippen LogP contribution in [0.3, 0.4) is 0 Å². The van der Waals surface area contributed by atoms with E-state index in [1.165, 1.54) is 7.11 Å². The van der Waals surface area contributed by atoms with Crippen molar-refractivity contribution in [2.45, 2.75) is 6.92 Å². The van der Waals surface area contributed by atoms with Gasteiger partial charge >= 0.3 is 5.97 Å². The van der Waals surface area contributed by atoms with Gasteiger partial charge in [0.05, 0.1) is 12.1 Å². The smallest absolute Gasteiger partial charge is 0.341 e. The third kappa shape index (κ3) is 1.65. The number of rotatable bonds is 2. The number of hydrogen-bond acceptors (Lipinski definition) is 2. The molecule has 0 unspecified atom stereocenters. The van der Waals surface area contributed by atoms with E-state index in [0.29, 0.717) is 5.56 Å². The fourth-order valence-corrected chi connectivity index (χ4v) is 1.41. The average Bonchev–Trinajstić information content (AvgIpc) is 2.10. The number of hydrogen-bond donors (Lipinski definition) is 1. The molecule has 0 fully saturated rings. The molecule has 0 heterocycles. The lowest BCUT2D eigenvalue weighted by atomic mass is 10.1. The average molecular weight is 219 g/mol. The van der Waals surface area contributed by atoms with Gasteiger partial charge in [-0.25, -0.2) is 9.18 Å². The molecule has 1 aromatic carbocycles. The zero-order valence-corrected chi connectivity index (χ0v) is 8.35. The first-order chi connectivity index (χ1) is 6.49.